The summed E-state index contributed by atoms with van der Waals surface area (Å²) in [6.45, 7) is 0. The summed E-state index contributed by atoms with van der Waals surface area (Å²) in [5, 5.41) is 8.58. The van der Waals surface area contributed by atoms with E-state index in [2.05, 4.69) is 20.2 Å². The van der Waals surface area contributed by atoms with Crippen LogP contribution in [0, 0.1) is 5.41 Å². The normalized spacial score (nSPS) is 16.3. The Labute approximate surface area is 124 Å². The highest BCUT2D eigenvalue weighted by Gasteiger charge is 2.44. The van der Waals surface area contributed by atoms with Gasteiger partial charge in [-0.2, -0.15) is 10.1 Å². The third kappa shape index (κ3) is 2.73. The van der Waals surface area contributed by atoms with Crippen LogP contribution in [0.5, 0.6) is 0 Å². The molecule has 6 nitrogen and oxygen atoms in total. The van der Waals surface area contributed by atoms with Crippen LogP contribution in [0.3, 0.4) is 0 Å². The average molecular weight is 313 g/mol. The van der Waals surface area contributed by atoms with E-state index in [0.29, 0.717) is 12.1 Å². The van der Waals surface area contributed by atoms with Gasteiger partial charge in [0, 0.05) is 5.75 Å². The molecule has 20 heavy (non-hydrogen) atoms. The van der Waals surface area contributed by atoms with E-state index in [9.17, 15) is 4.79 Å². The van der Waals surface area contributed by atoms with Crippen molar-refractivity contribution in [2.45, 2.75) is 24.3 Å². The minimum Gasteiger partial charge on any atom is -0.469 e. The van der Waals surface area contributed by atoms with Gasteiger partial charge in [0.1, 0.15) is 5.03 Å². The highest BCUT2D eigenvalue weighted by Crippen LogP contribution is 2.52. The van der Waals surface area contributed by atoms with Crippen molar-refractivity contribution in [3.63, 3.8) is 0 Å². The zero-order valence-corrected chi connectivity index (χ0v) is 12.4. The number of esters is 1. The van der Waals surface area contributed by atoms with Gasteiger partial charge in [0.05, 0.1) is 25.1 Å². The lowest BCUT2D eigenvalue weighted by Crippen LogP contribution is -2.13. The summed E-state index contributed by atoms with van der Waals surface area (Å²) in [6, 6.07) is 0. The lowest BCUT2D eigenvalue weighted by molar-refractivity contribution is -0.141. The summed E-state index contributed by atoms with van der Waals surface area (Å²) in [5.41, 5.74) is 0.677. The van der Waals surface area contributed by atoms with Crippen LogP contribution in [0.1, 0.15) is 19.3 Å². The fourth-order valence-corrected chi connectivity index (χ4v) is 3.55. The number of hydrogen-bond acceptors (Lipinski definition) is 6. The van der Waals surface area contributed by atoms with Gasteiger partial charge in [0.2, 0.25) is 5.28 Å². The molecule has 1 fully saturated rings. The number of nitrogens with zero attached hydrogens (tertiary/aromatic N) is 3. The Morgan fingerprint density at radius 1 is 1.55 bits per heavy atom. The lowest BCUT2D eigenvalue weighted by atomic mass is 10.1. The first kappa shape index (κ1) is 13.6. The molecule has 0 amide bonds. The monoisotopic (exact) mass is 312 g/mol. The molecule has 8 heteroatoms. The van der Waals surface area contributed by atoms with Gasteiger partial charge in [-0.1, -0.05) is 0 Å². The number of fused-ring (bicyclic) bond motifs is 1. The number of ether oxygens (including phenoxy) is 1. The van der Waals surface area contributed by atoms with E-state index >= 15 is 0 Å². The summed E-state index contributed by atoms with van der Waals surface area (Å²) in [7, 11) is 1.42. The van der Waals surface area contributed by atoms with Crippen molar-refractivity contribution >= 4 is 40.4 Å². The van der Waals surface area contributed by atoms with Crippen molar-refractivity contribution in [1.29, 1.82) is 0 Å². The van der Waals surface area contributed by atoms with E-state index in [4.69, 9.17) is 16.3 Å². The molecular weight excluding hydrogens is 300 g/mol. The summed E-state index contributed by atoms with van der Waals surface area (Å²) in [5.74, 6) is 0.660. The van der Waals surface area contributed by atoms with Gasteiger partial charge in [-0.3, -0.25) is 9.89 Å². The number of nitrogens with one attached hydrogen (secondary N) is 1. The maximum absolute atomic E-state index is 11.4. The van der Waals surface area contributed by atoms with E-state index in [1.165, 1.54) is 7.11 Å². The fourth-order valence-electron chi connectivity index (χ4n) is 2.04. The lowest BCUT2D eigenvalue weighted by Gasteiger charge is -2.12. The molecule has 0 spiro atoms. The van der Waals surface area contributed by atoms with Gasteiger partial charge >= 0.3 is 5.97 Å². The quantitative estimate of drug-likeness (QED) is 0.395. The summed E-state index contributed by atoms with van der Waals surface area (Å²) in [6.07, 6.45) is 4.24. The molecule has 2 aromatic heterocycles. The van der Waals surface area contributed by atoms with Crippen LogP contribution in [-0.4, -0.2) is 39.0 Å². The third-order valence-corrected chi connectivity index (χ3v) is 4.98. The van der Waals surface area contributed by atoms with Crippen LogP contribution in [-0.2, 0) is 9.53 Å². The number of halogens is 1. The van der Waals surface area contributed by atoms with Crippen LogP contribution in [0.2, 0.25) is 5.28 Å². The molecule has 0 unspecified atom stereocenters. The fraction of sp³-hybridized carbons (Fsp3) is 0.500. The minimum atomic E-state index is -0.155. The highest BCUT2D eigenvalue weighted by atomic mass is 35.5. The number of hydrogen-bond donors (Lipinski definition) is 1. The topological polar surface area (TPSA) is 80.8 Å². The van der Waals surface area contributed by atoms with Gasteiger partial charge in [0.25, 0.3) is 0 Å². The summed E-state index contributed by atoms with van der Waals surface area (Å²) >= 11 is 7.48. The molecule has 1 N–H and O–H groups in total. The van der Waals surface area contributed by atoms with E-state index in [0.717, 1.165) is 29.0 Å². The van der Waals surface area contributed by atoms with Crippen LogP contribution in [0.15, 0.2) is 11.2 Å². The molecule has 2 aromatic rings. The molecule has 0 saturated heterocycles. The van der Waals surface area contributed by atoms with Gasteiger partial charge in [-0.15, -0.1) is 11.8 Å². The first-order valence-electron chi connectivity index (χ1n) is 6.18. The van der Waals surface area contributed by atoms with Crippen molar-refractivity contribution in [2.75, 3.05) is 12.9 Å². The standard InChI is InChI=1S/C12H13ClN4O2S/c1-19-8(18)4-12(2-3-12)6-20-10-7-5-14-17-9(7)15-11(13)16-10/h5H,2-4,6H2,1H3,(H,14,15,16,17). The summed E-state index contributed by atoms with van der Waals surface area (Å²) < 4.78 is 4.75. The molecule has 0 aliphatic heterocycles. The molecule has 106 valence electrons. The average Bonchev–Trinajstić information content (AvgIpc) is 3.02. The largest absolute Gasteiger partial charge is 0.469 e. The van der Waals surface area contributed by atoms with E-state index in [1.54, 1.807) is 18.0 Å². The van der Waals surface area contributed by atoms with E-state index in [1.807, 2.05) is 0 Å². The molecule has 1 aliphatic rings. The van der Waals surface area contributed by atoms with Crippen molar-refractivity contribution in [1.82, 2.24) is 20.2 Å². The predicted octanol–water partition coefficient (Wildman–Crippen LogP) is 2.44. The number of thioether (sulfide) groups is 1. The van der Waals surface area contributed by atoms with Gasteiger partial charge in [0.15, 0.2) is 5.65 Å². The minimum absolute atomic E-state index is 0.0469. The van der Waals surface area contributed by atoms with E-state index in [-0.39, 0.29) is 16.7 Å². The molecule has 0 atom stereocenters. The van der Waals surface area contributed by atoms with E-state index < -0.39 is 0 Å². The third-order valence-electron chi connectivity index (χ3n) is 3.47. The number of methoxy groups -OCH3 is 1. The molecule has 0 bridgehead atoms. The van der Waals surface area contributed by atoms with Gasteiger partial charge < -0.3 is 4.74 Å². The number of H-pyrrole nitrogens is 1. The number of aromatic amines is 1. The highest BCUT2D eigenvalue weighted by molar-refractivity contribution is 7.99. The van der Waals surface area contributed by atoms with Crippen molar-refractivity contribution < 1.29 is 9.53 Å². The maximum atomic E-state index is 11.4. The molecule has 1 aliphatic carbocycles. The zero-order chi connectivity index (χ0) is 14.2. The van der Waals surface area contributed by atoms with Crippen molar-refractivity contribution in [2.24, 2.45) is 5.41 Å². The number of rotatable bonds is 5. The Morgan fingerprint density at radius 3 is 3.05 bits per heavy atom. The Balaban J connectivity index is 1.74. The van der Waals surface area contributed by atoms with Crippen LogP contribution < -0.4 is 0 Å². The second-order valence-electron chi connectivity index (χ2n) is 4.97. The molecule has 0 radical (unpaired) electrons. The van der Waals surface area contributed by atoms with Crippen LogP contribution in [0.25, 0.3) is 11.0 Å². The Hall–Kier alpha value is -1.34. The van der Waals surface area contributed by atoms with Gasteiger partial charge in [-0.25, -0.2) is 4.98 Å². The van der Waals surface area contributed by atoms with Crippen LogP contribution in [0.4, 0.5) is 0 Å². The number of carbonyl (C=O) groups is 1. The zero-order valence-electron chi connectivity index (χ0n) is 10.9. The van der Waals surface area contributed by atoms with Crippen molar-refractivity contribution in [3.8, 4) is 0 Å². The molecular formula is C12H13ClN4O2S. The molecule has 0 aromatic carbocycles. The Morgan fingerprint density at radius 2 is 2.35 bits per heavy atom. The molecule has 1 saturated carbocycles. The molecule has 3 rings (SSSR count). The second kappa shape index (κ2) is 5.21. The first-order chi connectivity index (χ1) is 9.62. The SMILES string of the molecule is COC(=O)CC1(CSc2nc(Cl)nc3[nH]ncc23)CC1. The first-order valence-corrected chi connectivity index (χ1v) is 7.54. The Kier molecular flexibility index (Phi) is 3.55. The second-order valence-corrected chi connectivity index (χ2v) is 6.27. The number of aromatic nitrogens is 4. The predicted molar refractivity (Wildman–Crippen MR) is 75.7 cm³/mol. The summed E-state index contributed by atoms with van der Waals surface area (Å²) in [4.78, 5) is 19.7. The molecule has 2 heterocycles. The number of carbonyl (C=O) groups excluding carboxylic acids is 1. The van der Waals surface area contributed by atoms with Gasteiger partial charge in [-0.05, 0) is 29.9 Å². The maximum Gasteiger partial charge on any atom is 0.306 e. The smallest absolute Gasteiger partial charge is 0.306 e. The van der Waals surface area contributed by atoms with Crippen LogP contribution >= 0.6 is 23.4 Å². The Bertz CT molecular complexity index is 656. The van der Waals surface area contributed by atoms with Crippen molar-refractivity contribution in [3.05, 3.63) is 11.5 Å².